The molecule has 0 unspecified atom stereocenters. The third-order valence-corrected chi connectivity index (χ3v) is 2.35. The summed E-state index contributed by atoms with van der Waals surface area (Å²) in [7, 11) is 0. The van der Waals surface area contributed by atoms with Gasteiger partial charge in [-0.2, -0.15) is 5.10 Å². The van der Waals surface area contributed by atoms with Crippen LogP contribution in [0.3, 0.4) is 0 Å². The smallest absolute Gasteiger partial charge is 0.144 e. The van der Waals surface area contributed by atoms with E-state index in [1.807, 2.05) is 0 Å². The Balaban J connectivity index is 1.87. The second-order valence-electron chi connectivity index (χ2n) is 3.30. The Bertz CT molecular complexity index is 468. The maximum Gasteiger partial charge on any atom is 0.144 e. The van der Waals surface area contributed by atoms with E-state index in [0.29, 0.717) is 29.6 Å². The zero-order valence-corrected chi connectivity index (χ0v) is 9.35. The van der Waals surface area contributed by atoms with Gasteiger partial charge in [0.2, 0.25) is 0 Å². The Morgan fingerprint density at radius 2 is 2.38 bits per heavy atom. The summed E-state index contributed by atoms with van der Waals surface area (Å²) in [5.74, 6) is 0.685. The fourth-order valence-electron chi connectivity index (χ4n) is 1.31. The van der Waals surface area contributed by atoms with E-state index in [9.17, 15) is 0 Å². The number of nitrogen functional groups attached to an aromatic ring is 1. The summed E-state index contributed by atoms with van der Waals surface area (Å²) < 4.78 is 1.76. The third-order valence-electron chi connectivity index (χ3n) is 2.05. The van der Waals surface area contributed by atoms with Gasteiger partial charge in [0.1, 0.15) is 5.82 Å². The van der Waals surface area contributed by atoms with Crippen LogP contribution in [0.15, 0.2) is 30.7 Å². The summed E-state index contributed by atoms with van der Waals surface area (Å²) in [5, 5.41) is 7.81. The lowest BCUT2D eigenvalue weighted by molar-refractivity contribution is 0.637. The van der Waals surface area contributed by atoms with Crippen molar-refractivity contribution in [3.05, 3.63) is 35.7 Å². The Kier molecular flexibility index (Phi) is 3.26. The van der Waals surface area contributed by atoms with Gasteiger partial charge in [0.15, 0.2) is 0 Å². The average Bonchev–Trinajstić information content (AvgIpc) is 2.67. The van der Waals surface area contributed by atoms with Crippen LogP contribution in [-0.4, -0.2) is 21.3 Å². The molecule has 0 aliphatic carbocycles. The van der Waals surface area contributed by atoms with Crippen LogP contribution in [0, 0.1) is 0 Å². The lowest BCUT2D eigenvalue weighted by Gasteiger charge is -2.06. The lowest BCUT2D eigenvalue weighted by atomic mass is 10.4. The number of rotatable bonds is 4. The van der Waals surface area contributed by atoms with Crippen LogP contribution in [0.4, 0.5) is 11.5 Å². The number of nitrogens with two attached hydrogens (primary N) is 1. The number of nitrogens with one attached hydrogen (secondary N) is 1. The fourth-order valence-corrected chi connectivity index (χ4v) is 1.49. The second kappa shape index (κ2) is 4.85. The van der Waals surface area contributed by atoms with Gasteiger partial charge >= 0.3 is 0 Å². The van der Waals surface area contributed by atoms with E-state index in [1.165, 1.54) is 0 Å². The molecule has 2 rings (SSSR count). The van der Waals surface area contributed by atoms with Crippen molar-refractivity contribution in [2.45, 2.75) is 6.54 Å². The minimum atomic E-state index is 0.613. The molecule has 84 valence electrons. The van der Waals surface area contributed by atoms with E-state index in [4.69, 9.17) is 17.3 Å². The minimum Gasteiger partial charge on any atom is -0.396 e. The molecule has 0 amide bonds. The zero-order chi connectivity index (χ0) is 11.4. The second-order valence-corrected chi connectivity index (χ2v) is 3.70. The summed E-state index contributed by atoms with van der Waals surface area (Å²) in [6.45, 7) is 1.40. The number of hydrogen-bond acceptors (Lipinski definition) is 4. The largest absolute Gasteiger partial charge is 0.396 e. The molecule has 0 atom stereocenters. The summed E-state index contributed by atoms with van der Waals surface area (Å²) in [6, 6.07) is 3.59. The van der Waals surface area contributed by atoms with E-state index >= 15 is 0 Å². The first kappa shape index (κ1) is 10.8. The van der Waals surface area contributed by atoms with Gasteiger partial charge in [0.25, 0.3) is 0 Å². The molecule has 0 aliphatic rings. The highest BCUT2D eigenvalue weighted by Crippen LogP contribution is 2.16. The van der Waals surface area contributed by atoms with Crippen molar-refractivity contribution < 1.29 is 0 Å². The van der Waals surface area contributed by atoms with Gasteiger partial charge < -0.3 is 11.1 Å². The van der Waals surface area contributed by atoms with Crippen molar-refractivity contribution in [1.29, 1.82) is 0 Å². The number of halogens is 1. The van der Waals surface area contributed by atoms with Crippen LogP contribution < -0.4 is 11.1 Å². The monoisotopic (exact) mass is 237 g/mol. The van der Waals surface area contributed by atoms with Gasteiger partial charge in [-0.05, 0) is 12.1 Å². The third kappa shape index (κ3) is 2.64. The van der Waals surface area contributed by atoms with Crippen LogP contribution in [0.1, 0.15) is 0 Å². The number of aromatic nitrogens is 3. The van der Waals surface area contributed by atoms with Crippen molar-refractivity contribution in [3.8, 4) is 0 Å². The SMILES string of the molecule is Nc1cnn(CCNc2ncccc2Cl)c1. The van der Waals surface area contributed by atoms with Gasteiger partial charge in [-0.1, -0.05) is 11.6 Å². The minimum absolute atomic E-state index is 0.613. The van der Waals surface area contributed by atoms with Crippen molar-refractivity contribution >= 4 is 23.1 Å². The Hall–Kier alpha value is -1.75. The molecule has 2 aromatic rings. The van der Waals surface area contributed by atoms with Crippen LogP contribution in [0.5, 0.6) is 0 Å². The molecular weight excluding hydrogens is 226 g/mol. The Morgan fingerprint density at radius 3 is 3.06 bits per heavy atom. The highest BCUT2D eigenvalue weighted by atomic mass is 35.5. The van der Waals surface area contributed by atoms with Gasteiger partial charge in [-0.25, -0.2) is 4.98 Å². The lowest BCUT2D eigenvalue weighted by Crippen LogP contribution is -2.11. The average molecular weight is 238 g/mol. The van der Waals surface area contributed by atoms with E-state index in [2.05, 4.69) is 15.4 Å². The van der Waals surface area contributed by atoms with Crippen molar-refractivity contribution in [1.82, 2.24) is 14.8 Å². The molecule has 0 bridgehead atoms. The molecular formula is C10H12ClN5. The number of anilines is 2. The molecule has 16 heavy (non-hydrogen) atoms. The van der Waals surface area contributed by atoms with Crippen LogP contribution in [0.2, 0.25) is 5.02 Å². The predicted molar refractivity (Wildman–Crippen MR) is 64.4 cm³/mol. The molecule has 6 heteroatoms. The molecule has 0 aliphatic heterocycles. The zero-order valence-electron chi connectivity index (χ0n) is 8.60. The first-order chi connectivity index (χ1) is 7.75. The Labute approximate surface area is 98.2 Å². The molecule has 2 heterocycles. The van der Waals surface area contributed by atoms with Gasteiger partial charge in [0, 0.05) is 18.9 Å². The van der Waals surface area contributed by atoms with Crippen LogP contribution in [-0.2, 0) is 6.54 Å². The molecule has 0 fully saturated rings. The molecule has 0 aromatic carbocycles. The highest BCUT2D eigenvalue weighted by molar-refractivity contribution is 6.32. The normalized spacial score (nSPS) is 10.3. The van der Waals surface area contributed by atoms with Gasteiger partial charge in [0.05, 0.1) is 23.5 Å². The van der Waals surface area contributed by atoms with Gasteiger partial charge in [-0.15, -0.1) is 0 Å². The van der Waals surface area contributed by atoms with E-state index in [-0.39, 0.29) is 0 Å². The maximum atomic E-state index is 5.94. The van der Waals surface area contributed by atoms with E-state index < -0.39 is 0 Å². The van der Waals surface area contributed by atoms with E-state index in [1.54, 1.807) is 35.4 Å². The van der Waals surface area contributed by atoms with Crippen molar-refractivity contribution in [2.24, 2.45) is 0 Å². The first-order valence-electron chi connectivity index (χ1n) is 4.88. The highest BCUT2D eigenvalue weighted by Gasteiger charge is 1.99. The predicted octanol–water partition coefficient (Wildman–Crippen LogP) is 1.63. The first-order valence-corrected chi connectivity index (χ1v) is 5.26. The number of pyridine rings is 1. The number of nitrogens with zero attached hydrogens (tertiary/aromatic N) is 3. The molecule has 0 saturated heterocycles. The summed E-state index contributed by atoms with van der Waals surface area (Å²) >= 11 is 5.94. The molecule has 5 nitrogen and oxygen atoms in total. The summed E-state index contributed by atoms with van der Waals surface area (Å²) in [4.78, 5) is 4.12. The standard InChI is InChI=1S/C10H12ClN5/c11-9-2-1-3-13-10(9)14-4-5-16-7-8(12)6-15-16/h1-3,6-7H,4-5,12H2,(H,13,14). The maximum absolute atomic E-state index is 5.94. The summed E-state index contributed by atoms with van der Waals surface area (Å²) in [6.07, 6.45) is 5.09. The van der Waals surface area contributed by atoms with Crippen LogP contribution in [0.25, 0.3) is 0 Å². The summed E-state index contributed by atoms with van der Waals surface area (Å²) in [5.41, 5.74) is 6.21. The molecule has 0 spiro atoms. The van der Waals surface area contributed by atoms with Crippen molar-refractivity contribution in [2.75, 3.05) is 17.6 Å². The molecule has 0 saturated carbocycles. The molecule has 0 radical (unpaired) electrons. The fraction of sp³-hybridized carbons (Fsp3) is 0.200. The van der Waals surface area contributed by atoms with Crippen LogP contribution >= 0.6 is 11.6 Å². The van der Waals surface area contributed by atoms with Gasteiger partial charge in [-0.3, -0.25) is 4.68 Å². The molecule has 3 N–H and O–H groups in total. The number of hydrogen-bond donors (Lipinski definition) is 2. The molecule has 2 aromatic heterocycles. The van der Waals surface area contributed by atoms with E-state index in [0.717, 1.165) is 0 Å². The Morgan fingerprint density at radius 1 is 1.50 bits per heavy atom. The van der Waals surface area contributed by atoms with Crippen molar-refractivity contribution in [3.63, 3.8) is 0 Å². The quantitative estimate of drug-likeness (QED) is 0.848. The topological polar surface area (TPSA) is 68.8 Å².